The third-order valence-electron chi connectivity index (χ3n) is 5.44. The lowest BCUT2D eigenvalue weighted by atomic mass is 10.0. The minimum atomic E-state index is -3.66. The quantitative estimate of drug-likeness (QED) is 0.530. The van der Waals surface area contributed by atoms with Crippen molar-refractivity contribution in [2.45, 2.75) is 17.9 Å². The molecule has 1 aliphatic heterocycles. The molecule has 8 heteroatoms. The average molecular weight is 456 g/mol. The molecule has 7 nitrogen and oxygen atoms in total. The van der Waals surface area contributed by atoms with Crippen LogP contribution in [0.5, 0.6) is 28.7 Å². The molecule has 0 saturated heterocycles. The Hall–Kier alpha value is -3.23. The van der Waals surface area contributed by atoms with Crippen LogP contribution < -0.4 is 18.9 Å². The van der Waals surface area contributed by atoms with Crippen molar-refractivity contribution in [2.24, 2.45) is 0 Å². The molecule has 0 atom stereocenters. The Morgan fingerprint density at radius 3 is 1.97 bits per heavy atom. The number of sulfonamides is 1. The van der Waals surface area contributed by atoms with E-state index in [2.05, 4.69) is 0 Å². The van der Waals surface area contributed by atoms with Crippen molar-refractivity contribution in [3.63, 3.8) is 0 Å². The molecule has 0 fully saturated rings. The van der Waals surface area contributed by atoms with E-state index >= 15 is 0 Å². The maximum atomic E-state index is 13.3. The van der Waals surface area contributed by atoms with Gasteiger partial charge in [0.2, 0.25) is 10.0 Å². The van der Waals surface area contributed by atoms with Crippen LogP contribution in [0.3, 0.4) is 0 Å². The van der Waals surface area contributed by atoms with Crippen LogP contribution >= 0.6 is 0 Å². The van der Waals surface area contributed by atoms with E-state index in [0.717, 1.165) is 11.1 Å². The molecule has 4 rings (SSSR count). The number of hydrogen-bond donors (Lipinski definition) is 0. The lowest BCUT2D eigenvalue weighted by molar-refractivity contribution is 0.348. The number of rotatable bonds is 7. The molecule has 0 N–H and O–H groups in total. The van der Waals surface area contributed by atoms with Gasteiger partial charge in [0.05, 0.1) is 26.2 Å². The van der Waals surface area contributed by atoms with E-state index in [-0.39, 0.29) is 11.4 Å². The number of fused-ring (bicyclic) bond motifs is 1. The zero-order chi connectivity index (χ0) is 22.7. The van der Waals surface area contributed by atoms with Crippen LogP contribution in [0.15, 0.2) is 65.6 Å². The van der Waals surface area contributed by atoms with E-state index in [1.54, 1.807) is 57.7 Å². The molecule has 0 unspecified atom stereocenters. The van der Waals surface area contributed by atoms with Crippen LogP contribution in [0.2, 0.25) is 0 Å². The van der Waals surface area contributed by atoms with Crippen molar-refractivity contribution in [1.82, 2.24) is 4.31 Å². The summed E-state index contributed by atoms with van der Waals surface area (Å²) in [6, 6.07) is 17.5. The number of methoxy groups -OCH3 is 3. The molecule has 3 aromatic carbocycles. The Labute approximate surface area is 188 Å². The summed E-state index contributed by atoms with van der Waals surface area (Å²) in [6.07, 6.45) is 0.601. The van der Waals surface area contributed by atoms with E-state index in [0.29, 0.717) is 41.7 Å². The second-order valence-electron chi connectivity index (χ2n) is 7.29. The molecule has 0 amide bonds. The van der Waals surface area contributed by atoms with Crippen LogP contribution in [0.1, 0.15) is 11.1 Å². The Balaban J connectivity index is 1.54. The molecule has 1 aliphatic rings. The molecule has 0 bridgehead atoms. The predicted octanol–water partition coefficient (Wildman–Crippen LogP) is 4.25. The molecule has 168 valence electrons. The molecule has 32 heavy (non-hydrogen) atoms. The Kier molecular flexibility index (Phi) is 6.25. The standard InChI is InChI=1S/C24H25NO6S/c1-28-21-6-4-5-7-22(21)31-19-8-10-20(11-9-19)32(26,27)25-13-12-17-14-23(29-2)24(30-3)15-18(17)16-25/h4-11,14-15H,12-13,16H2,1-3H3. The molecule has 3 aromatic rings. The first-order valence-corrected chi connectivity index (χ1v) is 11.5. The molecular formula is C24H25NO6S. The zero-order valence-corrected chi connectivity index (χ0v) is 19.0. The highest BCUT2D eigenvalue weighted by molar-refractivity contribution is 7.89. The van der Waals surface area contributed by atoms with Crippen LogP contribution in [0.25, 0.3) is 0 Å². The fourth-order valence-electron chi connectivity index (χ4n) is 3.72. The van der Waals surface area contributed by atoms with Crippen molar-refractivity contribution in [3.8, 4) is 28.7 Å². The normalized spacial score (nSPS) is 13.8. The smallest absolute Gasteiger partial charge is 0.243 e. The van der Waals surface area contributed by atoms with Gasteiger partial charge in [-0.25, -0.2) is 8.42 Å². The van der Waals surface area contributed by atoms with E-state index < -0.39 is 10.0 Å². The SMILES string of the molecule is COc1cc2c(cc1OC)CN(S(=O)(=O)c1ccc(Oc3ccccc3OC)cc1)CC2. The third-order valence-corrected chi connectivity index (χ3v) is 7.30. The van der Waals surface area contributed by atoms with Crippen LogP contribution in [-0.4, -0.2) is 40.6 Å². The number of benzene rings is 3. The van der Waals surface area contributed by atoms with Gasteiger partial charge in [-0.15, -0.1) is 0 Å². The van der Waals surface area contributed by atoms with Gasteiger partial charge in [-0.3, -0.25) is 0 Å². The Morgan fingerprint density at radius 1 is 0.750 bits per heavy atom. The average Bonchev–Trinajstić information content (AvgIpc) is 2.83. The third kappa shape index (κ3) is 4.24. The molecule has 1 heterocycles. The molecular weight excluding hydrogens is 430 g/mol. The van der Waals surface area contributed by atoms with Crippen LogP contribution in [-0.2, 0) is 23.0 Å². The fourth-order valence-corrected chi connectivity index (χ4v) is 5.14. The number of ether oxygens (including phenoxy) is 4. The predicted molar refractivity (Wildman–Crippen MR) is 120 cm³/mol. The van der Waals surface area contributed by atoms with Gasteiger partial charge in [0.15, 0.2) is 23.0 Å². The maximum absolute atomic E-state index is 13.3. The second kappa shape index (κ2) is 9.10. The maximum Gasteiger partial charge on any atom is 0.243 e. The first-order chi connectivity index (χ1) is 15.5. The largest absolute Gasteiger partial charge is 0.493 e. The number of para-hydroxylation sites is 2. The van der Waals surface area contributed by atoms with E-state index in [1.807, 2.05) is 24.3 Å². The first kappa shape index (κ1) is 22.0. The molecule has 0 aromatic heterocycles. The first-order valence-electron chi connectivity index (χ1n) is 10.1. The Bertz CT molecular complexity index is 1210. The highest BCUT2D eigenvalue weighted by Gasteiger charge is 2.29. The fraction of sp³-hybridized carbons (Fsp3) is 0.250. The van der Waals surface area contributed by atoms with Gasteiger partial charge in [0.1, 0.15) is 5.75 Å². The van der Waals surface area contributed by atoms with E-state index in [4.69, 9.17) is 18.9 Å². The number of hydrogen-bond acceptors (Lipinski definition) is 6. The van der Waals surface area contributed by atoms with Gasteiger partial charge in [-0.05, 0) is 66.1 Å². The minimum Gasteiger partial charge on any atom is -0.493 e. The topological polar surface area (TPSA) is 74.3 Å². The van der Waals surface area contributed by atoms with Crippen molar-refractivity contribution >= 4 is 10.0 Å². The molecule has 0 saturated carbocycles. The van der Waals surface area contributed by atoms with E-state index in [9.17, 15) is 8.42 Å². The summed E-state index contributed by atoms with van der Waals surface area (Å²) < 4.78 is 49.9. The van der Waals surface area contributed by atoms with Gasteiger partial charge in [-0.1, -0.05) is 12.1 Å². The molecule has 0 spiro atoms. The van der Waals surface area contributed by atoms with Gasteiger partial charge < -0.3 is 18.9 Å². The van der Waals surface area contributed by atoms with Gasteiger partial charge in [0.25, 0.3) is 0 Å². The van der Waals surface area contributed by atoms with Crippen LogP contribution in [0.4, 0.5) is 0 Å². The minimum absolute atomic E-state index is 0.216. The van der Waals surface area contributed by atoms with Crippen molar-refractivity contribution in [2.75, 3.05) is 27.9 Å². The molecule has 0 aliphatic carbocycles. The summed E-state index contributed by atoms with van der Waals surface area (Å²) >= 11 is 0. The highest BCUT2D eigenvalue weighted by atomic mass is 32.2. The molecule has 0 radical (unpaired) electrons. The van der Waals surface area contributed by atoms with E-state index in [1.165, 1.54) is 4.31 Å². The number of nitrogens with zero attached hydrogens (tertiary/aromatic N) is 1. The highest BCUT2D eigenvalue weighted by Crippen LogP contribution is 2.35. The summed E-state index contributed by atoms with van der Waals surface area (Å²) in [5.41, 5.74) is 1.98. The lowest BCUT2D eigenvalue weighted by Crippen LogP contribution is -2.36. The lowest BCUT2D eigenvalue weighted by Gasteiger charge is -2.29. The van der Waals surface area contributed by atoms with Gasteiger partial charge in [0, 0.05) is 13.1 Å². The summed E-state index contributed by atoms with van der Waals surface area (Å²) in [4.78, 5) is 0.216. The zero-order valence-electron chi connectivity index (χ0n) is 18.2. The summed E-state index contributed by atoms with van der Waals surface area (Å²) in [5.74, 6) is 2.91. The summed E-state index contributed by atoms with van der Waals surface area (Å²) in [6.45, 7) is 0.668. The summed E-state index contributed by atoms with van der Waals surface area (Å²) in [7, 11) is 1.06. The van der Waals surface area contributed by atoms with Crippen molar-refractivity contribution in [1.29, 1.82) is 0 Å². The van der Waals surface area contributed by atoms with Crippen molar-refractivity contribution in [3.05, 3.63) is 71.8 Å². The van der Waals surface area contributed by atoms with Crippen LogP contribution in [0, 0.1) is 0 Å². The van der Waals surface area contributed by atoms with Crippen molar-refractivity contribution < 1.29 is 27.4 Å². The Morgan fingerprint density at radius 2 is 1.34 bits per heavy atom. The second-order valence-corrected chi connectivity index (χ2v) is 9.23. The van der Waals surface area contributed by atoms with Gasteiger partial charge in [-0.2, -0.15) is 4.31 Å². The monoisotopic (exact) mass is 455 g/mol. The van der Waals surface area contributed by atoms with Gasteiger partial charge >= 0.3 is 0 Å². The summed E-state index contributed by atoms with van der Waals surface area (Å²) in [5, 5.41) is 0.